The molecule has 0 unspecified atom stereocenters. The molecule has 0 radical (unpaired) electrons. The van der Waals surface area contributed by atoms with E-state index in [0.29, 0.717) is 23.0 Å². The van der Waals surface area contributed by atoms with Crippen LogP contribution in [0.5, 0.6) is 5.75 Å². The molecule has 2 heterocycles. The van der Waals surface area contributed by atoms with Crippen LogP contribution in [0.15, 0.2) is 66.1 Å². The average Bonchev–Trinajstić information content (AvgIpc) is 3.21. The third kappa shape index (κ3) is 3.47. The smallest absolute Gasteiger partial charge is 0.255 e. The second-order valence-corrected chi connectivity index (χ2v) is 6.84. The van der Waals surface area contributed by atoms with Gasteiger partial charge in [0.2, 0.25) is 5.95 Å². The summed E-state index contributed by atoms with van der Waals surface area (Å²) in [6, 6.07) is 15.2. The van der Waals surface area contributed by atoms with Gasteiger partial charge in [0.1, 0.15) is 18.1 Å². The Bertz CT molecular complexity index is 1070. The standard InChI is InChI=1S/C22H23N5O2/c1-4-15-9-11-16(12-10-15)20-19(14(2)25-22-23-13-24-27(20)22)21(28)26-17-7-5-6-8-18(17)29-3/h5-13,20H,4H2,1-3H3,(H,26,28)(H,23,24,25)/t20-/m0/s1. The zero-order chi connectivity index (χ0) is 20.4. The summed E-state index contributed by atoms with van der Waals surface area (Å²) < 4.78 is 7.11. The quantitative estimate of drug-likeness (QED) is 0.694. The van der Waals surface area contributed by atoms with Crippen molar-refractivity contribution in [2.75, 3.05) is 17.7 Å². The van der Waals surface area contributed by atoms with E-state index in [2.05, 4.69) is 39.8 Å². The number of para-hydroxylation sites is 2. The summed E-state index contributed by atoms with van der Waals surface area (Å²) >= 11 is 0. The number of nitrogens with one attached hydrogen (secondary N) is 2. The Morgan fingerprint density at radius 2 is 1.97 bits per heavy atom. The van der Waals surface area contributed by atoms with Crippen LogP contribution >= 0.6 is 0 Å². The summed E-state index contributed by atoms with van der Waals surface area (Å²) in [5, 5.41) is 10.5. The van der Waals surface area contributed by atoms with Gasteiger partial charge in [-0.3, -0.25) is 4.79 Å². The molecule has 1 atom stereocenters. The van der Waals surface area contributed by atoms with E-state index in [1.54, 1.807) is 11.8 Å². The van der Waals surface area contributed by atoms with Crippen molar-refractivity contribution in [1.82, 2.24) is 14.8 Å². The molecule has 1 aliphatic rings. The zero-order valence-electron chi connectivity index (χ0n) is 16.6. The molecule has 7 heteroatoms. The number of anilines is 2. The Kier molecular flexibility index (Phi) is 5.03. The molecule has 2 aromatic carbocycles. The highest BCUT2D eigenvalue weighted by atomic mass is 16.5. The van der Waals surface area contributed by atoms with Crippen LogP contribution in [0.2, 0.25) is 0 Å². The third-order valence-corrected chi connectivity index (χ3v) is 5.10. The molecular formula is C22H23N5O2. The van der Waals surface area contributed by atoms with Gasteiger partial charge in [0, 0.05) is 5.70 Å². The minimum absolute atomic E-state index is 0.217. The lowest BCUT2D eigenvalue weighted by molar-refractivity contribution is -0.113. The predicted molar refractivity (Wildman–Crippen MR) is 112 cm³/mol. The Morgan fingerprint density at radius 3 is 2.69 bits per heavy atom. The molecule has 3 aromatic rings. The van der Waals surface area contributed by atoms with Gasteiger partial charge in [0.25, 0.3) is 5.91 Å². The van der Waals surface area contributed by atoms with E-state index in [4.69, 9.17) is 4.74 Å². The first kappa shape index (κ1) is 18.7. The van der Waals surface area contributed by atoms with Crippen molar-refractivity contribution in [3.63, 3.8) is 0 Å². The maximum atomic E-state index is 13.4. The van der Waals surface area contributed by atoms with E-state index in [1.807, 2.05) is 43.3 Å². The van der Waals surface area contributed by atoms with Gasteiger partial charge in [-0.05, 0) is 36.6 Å². The molecule has 0 aliphatic carbocycles. The van der Waals surface area contributed by atoms with Crippen molar-refractivity contribution in [3.05, 3.63) is 77.3 Å². The fourth-order valence-electron chi connectivity index (χ4n) is 3.57. The van der Waals surface area contributed by atoms with Crippen LogP contribution in [-0.2, 0) is 11.2 Å². The number of aryl methyl sites for hydroxylation is 1. The molecule has 0 saturated carbocycles. The number of allylic oxidation sites excluding steroid dienone is 1. The van der Waals surface area contributed by atoms with Crippen LogP contribution in [0.4, 0.5) is 11.6 Å². The number of benzene rings is 2. The van der Waals surface area contributed by atoms with Crippen LogP contribution in [0.1, 0.15) is 31.0 Å². The van der Waals surface area contributed by atoms with E-state index in [1.165, 1.54) is 11.9 Å². The molecule has 1 aliphatic heterocycles. The lowest BCUT2D eigenvalue weighted by Gasteiger charge is -2.29. The van der Waals surface area contributed by atoms with Crippen molar-refractivity contribution >= 4 is 17.5 Å². The topological polar surface area (TPSA) is 81.1 Å². The summed E-state index contributed by atoms with van der Waals surface area (Å²) in [4.78, 5) is 17.6. The van der Waals surface area contributed by atoms with Crippen LogP contribution in [0, 0.1) is 0 Å². The first-order chi connectivity index (χ1) is 14.1. The molecule has 2 N–H and O–H groups in total. The van der Waals surface area contributed by atoms with Crippen LogP contribution < -0.4 is 15.4 Å². The van der Waals surface area contributed by atoms with Gasteiger partial charge >= 0.3 is 0 Å². The van der Waals surface area contributed by atoms with Gasteiger partial charge in [0.15, 0.2) is 0 Å². The Labute approximate surface area is 169 Å². The second-order valence-electron chi connectivity index (χ2n) is 6.84. The number of hydrogen-bond donors (Lipinski definition) is 2. The molecule has 1 aromatic heterocycles. The fourth-order valence-corrected chi connectivity index (χ4v) is 3.57. The summed E-state index contributed by atoms with van der Waals surface area (Å²) in [5.74, 6) is 0.999. The number of hydrogen-bond acceptors (Lipinski definition) is 5. The normalized spacial score (nSPS) is 15.5. The molecule has 1 amide bonds. The van der Waals surface area contributed by atoms with Gasteiger partial charge in [-0.25, -0.2) is 4.68 Å². The van der Waals surface area contributed by atoms with Gasteiger partial charge < -0.3 is 15.4 Å². The summed E-state index contributed by atoms with van der Waals surface area (Å²) in [5.41, 5.74) is 4.15. The minimum atomic E-state index is -0.380. The summed E-state index contributed by atoms with van der Waals surface area (Å²) in [7, 11) is 1.58. The number of nitrogens with zero attached hydrogens (tertiary/aromatic N) is 3. The van der Waals surface area contributed by atoms with Crippen molar-refractivity contribution in [2.24, 2.45) is 0 Å². The lowest BCUT2D eigenvalue weighted by Crippen LogP contribution is -2.31. The Hall–Kier alpha value is -3.61. The van der Waals surface area contributed by atoms with Crippen LogP contribution in [0.25, 0.3) is 0 Å². The maximum Gasteiger partial charge on any atom is 0.255 e. The molecule has 4 rings (SSSR count). The average molecular weight is 389 g/mol. The maximum absolute atomic E-state index is 13.4. The monoisotopic (exact) mass is 389 g/mol. The largest absolute Gasteiger partial charge is 0.495 e. The number of carbonyl (C=O) groups excluding carboxylic acids is 1. The van der Waals surface area contributed by atoms with Gasteiger partial charge in [0.05, 0.1) is 18.4 Å². The van der Waals surface area contributed by atoms with Gasteiger partial charge in [-0.1, -0.05) is 43.3 Å². The van der Waals surface area contributed by atoms with Crippen molar-refractivity contribution in [1.29, 1.82) is 0 Å². The van der Waals surface area contributed by atoms with E-state index in [0.717, 1.165) is 17.7 Å². The first-order valence-electron chi connectivity index (χ1n) is 9.53. The van der Waals surface area contributed by atoms with E-state index in [9.17, 15) is 4.79 Å². The summed E-state index contributed by atoms with van der Waals surface area (Å²) in [6.07, 6.45) is 2.45. The third-order valence-electron chi connectivity index (χ3n) is 5.10. The first-order valence-corrected chi connectivity index (χ1v) is 9.53. The van der Waals surface area contributed by atoms with Gasteiger partial charge in [-0.2, -0.15) is 10.1 Å². The molecule has 0 saturated heterocycles. The number of aromatic nitrogens is 3. The number of fused-ring (bicyclic) bond motifs is 1. The molecule has 148 valence electrons. The second kappa shape index (κ2) is 7.79. The number of ether oxygens (including phenoxy) is 1. The van der Waals surface area contributed by atoms with Crippen LogP contribution in [0.3, 0.4) is 0 Å². The minimum Gasteiger partial charge on any atom is -0.495 e. The highest BCUT2D eigenvalue weighted by Crippen LogP contribution is 2.36. The number of carbonyl (C=O) groups is 1. The Morgan fingerprint density at radius 1 is 1.21 bits per heavy atom. The lowest BCUT2D eigenvalue weighted by atomic mass is 9.94. The van der Waals surface area contributed by atoms with E-state index < -0.39 is 0 Å². The molecule has 7 nitrogen and oxygen atoms in total. The van der Waals surface area contributed by atoms with E-state index >= 15 is 0 Å². The van der Waals surface area contributed by atoms with Gasteiger partial charge in [-0.15, -0.1) is 0 Å². The van der Waals surface area contributed by atoms with Crippen molar-refractivity contribution < 1.29 is 9.53 Å². The highest BCUT2D eigenvalue weighted by Gasteiger charge is 2.33. The van der Waals surface area contributed by atoms with Crippen molar-refractivity contribution in [3.8, 4) is 5.75 Å². The number of amides is 1. The SMILES string of the molecule is CCc1ccc([C@H]2C(C(=O)Nc3ccccc3OC)=C(C)Nc3ncnn32)cc1. The molecular weight excluding hydrogens is 366 g/mol. The number of methoxy groups -OCH3 is 1. The fraction of sp³-hybridized carbons (Fsp3) is 0.227. The zero-order valence-corrected chi connectivity index (χ0v) is 16.6. The van der Waals surface area contributed by atoms with Crippen LogP contribution in [-0.4, -0.2) is 27.8 Å². The van der Waals surface area contributed by atoms with E-state index in [-0.39, 0.29) is 11.9 Å². The predicted octanol–water partition coefficient (Wildman–Crippen LogP) is 3.78. The number of rotatable bonds is 5. The molecule has 29 heavy (non-hydrogen) atoms. The molecule has 0 spiro atoms. The molecule has 0 bridgehead atoms. The van der Waals surface area contributed by atoms with Crippen molar-refractivity contribution in [2.45, 2.75) is 26.3 Å². The Balaban J connectivity index is 1.75. The summed E-state index contributed by atoms with van der Waals surface area (Å²) in [6.45, 7) is 3.99. The molecule has 0 fully saturated rings. The highest BCUT2D eigenvalue weighted by molar-refractivity contribution is 6.06.